The van der Waals surface area contributed by atoms with Gasteiger partial charge < -0.3 is 5.32 Å². The van der Waals surface area contributed by atoms with E-state index >= 15 is 0 Å². The summed E-state index contributed by atoms with van der Waals surface area (Å²) in [5, 5.41) is 2.86. The third-order valence-electron chi connectivity index (χ3n) is 2.16. The fourth-order valence-electron chi connectivity index (χ4n) is 1.58. The number of carbonyl (C=O) groups is 1. The third-order valence-corrected chi connectivity index (χ3v) is 4.14. The Morgan fingerprint density at radius 2 is 1.81 bits per heavy atom. The average molecular weight is 243 g/mol. The minimum atomic E-state index is -2.05. The molecule has 1 N–H and O–H groups in total. The van der Waals surface area contributed by atoms with Crippen LogP contribution in [-0.4, -0.2) is 14.0 Å². The van der Waals surface area contributed by atoms with Crippen LogP contribution in [0.5, 0.6) is 0 Å². The van der Waals surface area contributed by atoms with Crippen molar-refractivity contribution in [2.24, 2.45) is 0 Å². The number of rotatable bonds is 2. The Bertz CT molecular complexity index is 427. The zero-order chi connectivity index (χ0) is 12.5. The van der Waals surface area contributed by atoms with E-state index < -0.39 is 19.7 Å². The predicted octanol–water partition coefficient (Wildman–Crippen LogP) is 2.47. The fourth-order valence-corrected chi connectivity index (χ4v) is 3.31. The highest BCUT2D eigenvalue weighted by atomic mass is 28.3. The molecule has 1 aromatic rings. The van der Waals surface area contributed by atoms with Crippen LogP contribution in [0.25, 0.3) is 0 Å². The monoisotopic (exact) mass is 243 g/mol. The zero-order valence-electron chi connectivity index (χ0n) is 9.82. The van der Waals surface area contributed by atoms with Gasteiger partial charge in [-0.05, 0) is 12.1 Å². The Morgan fingerprint density at radius 1 is 1.25 bits per heavy atom. The summed E-state index contributed by atoms with van der Waals surface area (Å²) < 4.78 is 26.9. The second-order valence-corrected chi connectivity index (χ2v) is 9.72. The molecule has 0 aliphatic carbocycles. The maximum Gasteiger partial charge on any atom is 0.221 e. The van der Waals surface area contributed by atoms with E-state index in [1.54, 1.807) is 0 Å². The number of anilines is 1. The Kier molecular flexibility index (Phi) is 3.47. The van der Waals surface area contributed by atoms with Crippen LogP contribution >= 0.6 is 0 Å². The standard InChI is InChI=1S/C11H15F2NOSi/c1-7(15)14-9-6-5-8(12)10(13)11(9)16(2,3)4/h5-6H,1-4H3,(H,14,15). The molecule has 1 amide bonds. The first kappa shape index (κ1) is 12.8. The lowest BCUT2D eigenvalue weighted by Gasteiger charge is -2.21. The van der Waals surface area contributed by atoms with Crippen molar-refractivity contribution in [1.29, 1.82) is 0 Å². The Morgan fingerprint density at radius 3 is 2.25 bits per heavy atom. The molecule has 16 heavy (non-hydrogen) atoms. The molecule has 0 unspecified atom stereocenters. The fraction of sp³-hybridized carbons (Fsp3) is 0.364. The van der Waals surface area contributed by atoms with Gasteiger partial charge in [-0.25, -0.2) is 8.78 Å². The Hall–Kier alpha value is -1.23. The molecule has 0 saturated heterocycles. The quantitative estimate of drug-likeness (QED) is 0.794. The van der Waals surface area contributed by atoms with Gasteiger partial charge in [0.05, 0.1) is 8.07 Å². The van der Waals surface area contributed by atoms with Gasteiger partial charge in [0.1, 0.15) is 0 Å². The summed E-state index contributed by atoms with van der Waals surface area (Å²) in [6.45, 7) is 7.04. The average Bonchev–Trinajstić information content (AvgIpc) is 2.08. The SMILES string of the molecule is CC(=O)Nc1ccc(F)c(F)c1[Si](C)(C)C. The molecule has 5 heteroatoms. The maximum atomic E-state index is 13.7. The molecular formula is C11H15F2NOSi. The number of hydrogen-bond acceptors (Lipinski definition) is 1. The van der Waals surface area contributed by atoms with E-state index in [-0.39, 0.29) is 5.91 Å². The maximum absolute atomic E-state index is 13.7. The second kappa shape index (κ2) is 4.33. The van der Waals surface area contributed by atoms with Crippen LogP contribution < -0.4 is 10.5 Å². The van der Waals surface area contributed by atoms with E-state index in [9.17, 15) is 13.6 Å². The number of hydrogen-bond donors (Lipinski definition) is 1. The highest BCUT2D eigenvalue weighted by Gasteiger charge is 2.26. The van der Waals surface area contributed by atoms with E-state index in [0.717, 1.165) is 6.07 Å². The number of nitrogens with one attached hydrogen (secondary N) is 1. The molecule has 0 aliphatic rings. The molecule has 0 aliphatic heterocycles. The van der Waals surface area contributed by atoms with Crippen LogP contribution in [0.4, 0.5) is 14.5 Å². The number of benzene rings is 1. The molecule has 0 radical (unpaired) electrons. The van der Waals surface area contributed by atoms with Crippen LogP contribution in [0.2, 0.25) is 19.6 Å². The molecule has 0 bridgehead atoms. The van der Waals surface area contributed by atoms with Crippen molar-refractivity contribution in [2.45, 2.75) is 26.6 Å². The van der Waals surface area contributed by atoms with E-state index in [0.29, 0.717) is 10.9 Å². The third kappa shape index (κ3) is 2.66. The summed E-state index contributed by atoms with van der Waals surface area (Å²) in [6.07, 6.45) is 0. The van der Waals surface area contributed by atoms with Gasteiger partial charge in [0.25, 0.3) is 0 Å². The molecule has 0 spiro atoms. The first-order valence-corrected chi connectivity index (χ1v) is 8.49. The highest BCUT2D eigenvalue weighted by molar-refractivity contribution is 6.89. The van der Waals surface area contributed by atoms with Crippen LogP contribution in [0, 0.1) is 11.6 Å². The van der Waals surface area contributed by atoms with Gasteiger partial charge in [-0.3, -0.25) is 4.79 Å². The van der Waals surface area contributed by atoms with E-state index in [2.05, 4.69) is 5.32 Å². The van der Waals surface area contributed by atoms with Gasteiger partial charge in [-0.2, -0.15) is 0 Å². The summed E-state index contributed by atoms with van der Waals surface area (Å²) in [5.41, 5.74) is 0.380. The molecule has 0 fully saturated rings. The largest absolute Gasteiger partial charge is 0.326 e. The lowest BCUT2D eigenvalue weighted by molar-refractivity contribution is -0.114. The van der Waals surface area contributed by atoms with Gasteiger partial charge in [-0.15, -0.1) is 0 Å². The summed E-state index contributed by atoms with van der Waals surface area (Å²) >= 11 is 0. The van der Waals surface area contributed by atoms with Crippen LogP contribution in [0.3, 0.4) is 0 Å². The molecule has 0 saturated carbocycles. The highest BCUT2D eigenvalue weighted by Crippen LogP contribution is 2.17. The summed E-state index contributed by atoms with van der Waals surface area (Å²) in [6, 6.07) is 2.44. The Labute approximate surface area is 94.7 Å². The van der Waals surface area contributed by atoms with Gasteiger partial charge in [0.15, 0.2) is 11.6 Å². The van der Waals surface area contributed by atoms with Gasteiger partial charge in [0.2, 0.25) is 5.91 Å². The van der Waals surface area contributed by atoms with E-state index in [1.165, 1.54) is 13.0 Å². The van der Waals surface area contributed by atoms with Gasteiger partial charge in [0, 0.05) is 17.8 Å². The number of amides is 1. The summed E-state index contributed by atoms with van der Waals surface area (Å²) in [7, 11) is -2.05. The smallest absolute Gasteiger partial charge is 0.221 e. The van der Waals surface area contributed by atoms with Crippen molar-refractivity contribution in [3.05, 3.63) is 23.8 Å². The van der Waals surface area contributed by atoms with Crippen molar-refractivity contribution >= 4 is 24.9 Å². The van der Waals surface area contributed by atoms with Gasteiger partial charge >= 0.3 is 0 Å². The van der Waals surface area contributed by atoms with E-state index in [4.69, 9.17) is 0 Å². The molecule has 2 nitrogen and oxygen atoms in total. The molecule has 1 aromatic carbocycles. The molecule has 88 valence electrons. The molecule has 1 rings (SSSR count). The minimum absolute atomic E-state index is 0.287. The van der Waals surface area contributed by atoms with Crippen molar-refractivity contribution in [3.63, 3.8) is 0 Å². The predicted molar refractivity (Wildman–Crippen MR) is 63.6 cm³/mol. The van der Waals surface area contributed by atoms with Crippen LogP contribution in [0.15, 0.2) is 12.1 Å². The van der Waals surface area contributed by atoms with Gasteiger partial charge in [-0.1, -0.05) is 19.6 Å². The molecule has 0 atom stereocenters. The topological polar surface area (TPSA) is 29.1 Å². The van der Waals surface area contributed by atoms with Crippen molar-refractivity contribution in [3.8, 4) is 0 Å². The Balaban J connectivity index is 3.39. The first-order valence-electron chi connectivity index (χ1n) is 4.99. The second-order valence-electron chi connectivity index (χ2n) is 4.72. The molecular weight excluding hydrogens is 228 g/mol. The van der Waals surface area contributed by atoms with Crippen molar-refractivity contribution in [1.82, 2.24) is 0 Å². The van der Waals surface area contributed by atoms with Crippen LogP contribution in [-0.2, 0) is 4.79 Å². The van der Waals surface area contributed by atoms with Crippen molar-refractivity contribution < 1.29 is 13.6 Å². The number of carbonyl (C=O) groups excluding carboxylic acids is 1. The van der Waals surface area contributed by atoms with E-state index in [1.807, 2.05) is 19.6 Å². The lowest BCUT2D eigenvalue weighted by Crippen LogP contribution is -2.42. The summed E-state index contributed by atoms with van der Waals surface area (Å²) in [5.74, 6) is -2.00. The first-order chi connectivity index (χ1) is 7.23. The van der Waals surface area contributed by atoms with Crippen LogP contribution in [0.1, 0.15) is 6.92 Å². The molecule has 0 heterocycles. The normalized spacial score (nSPS) is 11.4. The lowest BCUT2D eigenvalue weighted by atomic mass is 10.3. The minimum Gasteiger partial charge on any atom is -0.326 e. The zero-order valence-corrected chi connectivity index (χ0v) is 10.8. The van der Waals surface area contributed by atoms with Crippen molar-refractivity contribution in [2.75, 3.05) is 5.32 Å². The summed E-state index contributed by atoms with van der Waals surface area (Å²) in [4.78, 5) is 11.0. The number of halogens is 2. The molecule has 0 aromatic heterocycles.